The van der Waals surface area contributed by atoms with Crippen LogP contribution in [0.15, 0.2) is 42.5 Å². The Morgan fingerprint density at radius 1 is 0.970 bits per heavy atom. The zero-order chi connectivity index (χ0) is 25.0. The van der Waals surface area contributed by atoms with Gasteiger partial charge in [-0.1, -0.05) is 0 Å². The van der Waals surface area contributed by atoms with E-state index >= 15 is 0 Å². The molecule has 1 N–H and O–H groups in total. The average molecular weight is 478 g/mol. The second kappa shape index (κ2) is 9.79. The zero-order valence-electron chi connectivity index (χ0n) is 17.0. The SMILES string of the molecule is CC(=O)Cc1ccc(OC(F)(F)F)cc1[N+](=O)[O-].Cc1cc2ccc(OC(F)(F)F)cc2[nH]1. The molecule has 0 bridgehead atoms. The van der Waals surface area contributed by atoms with E-state index in [1.54, 1.807) is 6.07 Å². The number of rotatable bonds is 5. The number of aryl methyl sites for hydroxylation is 1. The predicted octanol–water partition coefficient (Wildman–Crippen LogP) is 6.00. The molecule has 1 heterocycles. The van der Waals surface area contributed by atoms with E-state index in [0.29, 0.717) is 11.6 Å². The first-order chi connectivity index (χ1) is 15.1. The molecular weight excluding hydrogens is 462 g/mol. The molecule has 0 aliphatic heterocycles. The fourth-order valence-electron chi connectivity index (χ4n) is 2.78. The van der Waals surface area contributed by atoms with Crippen molar-refractivity contribution < 1.29 is 45.5 Å². The maximum absolute atomic E-state index is 11.9. The molecule has 0 aliphatic carbocycles. The summed E-state index contributed by atoms with van der Waals surface area (Å²) in [6, 6.07) is 8.71. The molecule has 0 saturated heterocycles. The molecule has 0 spiro atoms. The number of aromatic amines is 1. The first kappa shape index (κ1) is 25.5. The van der Waals surface area contributed by atoms with Gasteiger partial charge in [-0.25, -0.2) is 0 Å². The van der Waals surface area contributed by atoms with Crippen molar-refractivity contribution in [3.8, 4) is 11.5 Å². The molecule has 0 atom stereocenters. The van der Waals surface area contributed by atoms with E-state index in [1.807, 2.05) is 13.0 Å². The van der Waals surface area contributed by atoms with Crippen molar-refractivity contribution in [3.05, 3.63) is 63.8 Å². The van der Waals surface area contributed by atoms with Crippen molar-refractivity contribution >= 4 is 22.4 Å². The van der Waals surface area contributed by atoms with Crippen LogP contribution in [0.2, 0.25) is 0 Å². The van der Waals surface area contributed by atoms with Gasteiger partial charge in [-0.3, -0.25) is 14.9 Å². The van der Waals surface area contributed by atoms with E-state index in [1.165, 1.54) is 19.1 Å². The molecule has 0 radical (unpaired) electrons. The Balaban J connectivity index is 0.000000237. The van der Waals surface area contributed by atoms with E-state index in [0.717, 1.165) is 23.2 Å². The second-order valence-electron chi connectivity index (χ2n) is 6.72. The molecule has 0 amide bonds. The number of ketones is 1. The third-order valence-corrected chi connectivity index (χ3v) is 3.89. The quantitative estimate of drug-likeness (QED) is 0.276. The number of carbonyl (C=O) groups excluding carboxylic acids is 1. The van der Waals surface area contributed by atoms with Gasteiger partial charge in [0.05, 0.1) is 11.0 Å². The van der Waals surface area contributed by atoms with Gasteiger partial charge < -0.3 is 14.5 Å². The van der Waals surface area contributed by atoms with Crippen LogP contribution in [0.5, 0.6) is 11.5 Å². The van der Waals surface area contributed by atoms with Crippen molar-refractivity contribution in [1.29, 1.82) is 0 Å². The number of halogens is 6. The number of nitro benzene ring substituents is 1. The van der Waals surface area contributed by atoms with E-state index in [-0.39, 0.29) is 23.5 Å². The van der Waals surface area contributed by atoms with Crippen molar-refractivity contribution in [2.45, 2.75) is 33.0 Å². The number of alkyl halides is 6. The zero-order valence-corrected chi connectivity index (χ0v) is 17.0. The average Bonchev–Trinajstić information content (AvgIpc) is 2.99. The van der Waals surface area contributed by atoms with Crippen molar-refractivity contribution in [2.75, 3.05) is 0 Å². The summed E-state index contributed by atoms with van der Waals surface area (Å²) in [5.74, 6) is -1.24. The van der Waals surface area contributed by atoms with Crippen molar-refractivity contribution in [1.82, 2.24) is 4.98 Å². The highest BCUT2D eigenvalue weighted by molar-refractivity contribution is 5.81. The van der Waals surface area contributed by atoms with Gasteiger partial charge in [-0.05, 0) is 49.6 Å². The molecule has 13 heteroatoms. The minimum atomic E-state index is -4.92. The van der Waals surface area contributed by atoms with Gasteiger partial charge in [0.25, 0.3) is 5.69 Å². The summed E-state index contributed by atoms with van der Waals surface area (Å²) in [6.45, 7) is 3.06. The van der Waals surface area contributed by atoms with Crippen LogP contribution in [0.3, 0.4) is 0 Å². The molecule has 7 nitrogen and oxygen atoms in total. The molecule has 1 aromatic heterocycles. The number of hydrogen-bond donors (Lipinski definition) is 1. The summed E-state index contributed by atoms with van der Waals surface area (Å²) in [5.41, 5.74) is 0.998. The molecule has 33 heavy (non-hydrogen) atoms. The second-order valence-corrected chi connectivity index (χ2v) is 6.72. The van der Waals surface area contributed by atoms with Gasteiger partial charge in [0.1, 0.15) is 17.3 Å². The lowest BCUT2D eigenvalue weighted by atomic mass is 10.1. The molecule has 0 saturated carbocycles. The maximum atomic E-state index is 11.9. The Labute approximate surface area is 182 Å². The number of nitro groups is 1. The van der Waals surface area contributed by atoms with Crippen LogP contribution in [0, 0.1) is 17.0 Å². The molecular formula is C20H16F6N2O5. The van der Waals surface area contributed by atoms with E-state index < -0.39 is 29.1 Å². The fraction of sp³-hybridized carbons (Fsp3) is 0.250. The van der Waals surface area contributed by atoms with E-state index in [9.17, 15) is 41.3 Å². The van der Waals surface area contributed by atoms with Gasteiger partial charge in [0, 0.05) is 29.3 Å². The summed E-state index contributed by atoms with van der Waals surface area (Å²) in [6.07, 6.45) is -9.78. The Hall–Kier alpha value is -3.77. The number of aromatic nitrogens is 1. The van der Waals surface area contributed by atoms with Crippen LogP contribution >= 0.6 is 0 Å². The largest absolute Gasteiger partial charge is 0.573 e. The summed E-state index contributed by atoms with van der Waals surface area (Å²) in [5, 5.41) is 11.5. The van der Waals surface area contributed by atoms with Crippen LogP contribution in [0.1, 0.15) is 18.2 Å². The van der Waals surface area contributed by atoms with Crippen molar-refractivity contribution in [3.63, 3.8) is 0 Å². The topological polar surface area (TPSA) is 94.5 Å². The fourth-order valence-corrected chi connectivity index (χ4v) is 2.78. The minimum Gasteiger partial charge on any atom is -0.406 e. The number of benzene rings is 2. The summed E-state index contributed by atoms with van der Waals surface area (Å²) in [7, 11) is 0. The normalized spacial score (nSPS) is 11.5. The van der Waals surface area contributed by atoms with Gasteiger partial charge >= 0.3 is 12.7 Å². The molecule has 2 aromatic carbocycles. The van der Waals surface area contributed by atoms with Gasteiger partial charge in [0.2, 0.25) is 0 Å². The third-order valence-electron chi connectivity index (χ3n) is 3.89. The smallest absolute Gasteiger partial charge is 0.406 e. The minimum absolute atomic E-state index is 0.0435. The van der Waals surface area contributed by atoms with Crippen LogP contribution in [-0.2, 0) is 11.2 Å². The highest BCUT2D eigenvalue weighted by Gasteiger charge is 2.32. The summed E-state index contributed by atoms with van der Waals surface area (Å²) >= 11 is 0. The lowest BCUT2D eigenvalue weighted by Crippen LogP contribution is -2.17. The number of nitrogens with zero attached hydrogens (tertiary/aromatic N) is 1. The lowest BCUT2D eigenvalue weighted by Gasteiger charge is -2.09. The van der Waals surface area contributed by atoms with E-state index in [2.05, 4.69) is 14.5 Å². The molecule has 0 unspecified atom stereocenters. The summed E-state index contributed by atoms with van der Waals surface area (Å²) < 4.78 is 78.9. The number of fused-ring (bicyclic) bond motifs is 1. The Bertz CT molecular complexity index is 1150. The standard InChI is InChI=1S/C10H8F3NO4.C10H8F3NO/c1-6(15)4-7-2-3-8(18-10(11,12)13)5-9(7)14(16)17;1-6-4-7-2-3-8(5-9(7)14-6)15-10(11,12)13/h2-3,5H,4H2,1H3;2-5,14H,1H3. The van der Waals surface area contributed by atoms with Gasteiger partial charge in [0.15, 0.2) is 0 Å². The van der Waals surface area contributed by atoms with Crippen LogP contribution in [-0.4, -0.2) is 28.4 Å². The predicted molar refractivity (Wildman–Crippen MR) is 104 cm³/mol. The Kier molecular flexibility index (Phi) is 7.57. The highest BCUT2D eigenvalue weighted by Crippen LogP contribution is 2.29. The maximum Gasteiger partial charge on any atom is 0.573 e. The van der Waals surface area contributed by atoms with Crippen LogP contribution < -0.4 is 9.47 Å². The Morgan fingerprint density at radius 3 is 2.03 bits per heavy atom. The van der Waals surface area contributed by atoms with Crippen LogP contribution in [0.4, 0.5) is 32.0 Å². The van der Waals surface area contributed by atoms with Crippen LogP contribution in [0.25, 0.3) is 10.9 Å². The molecule has 0 aliphatic rings. The molecule has 3 rings (SSSR count). The number of hydrogen-bond acceptors (Lipinski definition) is 5. The molecule has 178 valence electrons. The number of carbonyl (C=O) groups is 1. The Morgan fingerprint density at radius 2 is 1.52 bits per heavy atom. The number of Topliss-reactive ketones (excluding diaryl/α,β-unsaturated/α-hetero) is 1. The molecule has 0 fully saturated rings. The van der Waals surface area contributed by atoms with E-state index in [4.69, 9.17) is 0 Å². The van der Waals surface area contributed by atoms with Gasteiger partial charge in [-0.2, -0.15) is 0 Å². The van der Waals surface area contributed by atoms with Crippen molar-refractivity contribution in [2.24, 2.45) is 0 Å². The summed E-state index contributed by atoms with van der Waals surface area (Å²) in [4.78, 5) is 23.6. The highest BCUT2D eigenvalue weighted by atomic mass is 19.4. The first-order valence-electron chi connectivity index (χ1n) is 9.00. The number of ether oxygens (including phenoxy) is 2. The molecule has 3 aromatic rings. The number of H-pyrrole nitrogens is 1. The number of nitrogens with one attached hydrogen (secondary N) is 1. The van der Waals surface area contributed by atoms with Gasteiger partial charge in [-0.15, -0.1) is 26.3 Å². The third kappa shape index (κ3) is 8.35. The lowest BCUT2D eigenvalue weighted by molar-refractivity contribution is -0.385. The monoisotopic (exact) mass is 478 g/mol. The first-order valence-corrected chi connectivity index (χ1v) is 9.00.